The van der Waals surface area contributed by atoms with Gasteiger partial charge in [0.25, 0.3) is 11.4 Å². The maximum atomic E-state index is 12.6. The number of hydrogen-bond acceptors (Lipinski definition) is 6. The summed E-state index contributed by atoms with van der Waals surface area (Å²) in [6.45, 7) is 0.362. The second-order valence-corrected chi connectivity index (χ2v) is 7.56. The van der Waals surface area contributed by atoms with Gasteiger partial charge in [0.15, 0.2) is 0 Å². The Morgan fingerprint density at radius 3 is 2.56 bits per heavy atom. The molecule has 2 aromatic rings. The highest BCUT2D eigenvalue weighted by molar-refractivity contribution is 5.80. The number of likely N-dealkylation sites (tertiary alicyclic amines) is 1. The molecule has 176 valence electrons. The van der Waals surface area contributed by atoms with Gasteiger partial charge in [-0.3, -0.25) is 9.59 Å². The Hall–Kier alpha value is -2.99. The van der Waals surface area contributed by atoms with E-state index in [2.05, 4.69) is 15.5 Å². The number of rotatable bonds is 6. The third-order valence-electron chi connectivity index (χ3n) is 4.76. The van der Waals surface area contributed by atoms with E-state index in [1.54, 1.807) is 4.98 Å². The minimum absolute atomic E-state index is 0.212. The molecular formula is C19H22F5N5O3. The van der Waals surface area contributed by atoms with Gasteiger partial charge in [-0.15, -0.1) is 5.10 Å². The number of halogens is 5. The van der Waals surface area contributed by atoms with E-state index in [1.165, 1.54) is 24.2 Å². The molecule has 32 heavy (non-hydrogen) atoms. The largest absolute Gasteiger partial charge is 0.431 e. The lowest BCUT2D eigenvalue weighted by molar-refractivity contribution is -0.141. The third kappa shape index (κ3) is 6.76. The normalized spacial score (nSPS) is 17.8. The molecular weight excluding hydrogens is 441 g/mol. The number of alkyl halides is 5. The molecule has 8 nitrogen and oxygen atoms in total. The first-order valence-corrected chi connectivity index (χ1v) is 10.1. The molecule has 2 fully saturated rings. The Morgan fingerprint density at radius 1 is 1.25 bits per heavy atom. The lowest BCUT2D eigenvalue weighted by Crippen LogP contribution is -2.34. The van der Waals surface area contributed by atoms with E-state index < -0.39 is 23.9 Å². The van der Waals surface area contributed by atoms with Crippen LogP contribution in [-0.4, -0.2) is 52.0 Å². The summed E-state index contributed by atoms with van der Waals surface area (Å²) in [6, 6.07) is 1.36. The van der Waals surface area contributed by atoms with Crippen molar-refractivity contribution in [3.63, 3.8) is 0 Å². The van der Waals surface area contributed by atoms with Crippen LogP contribution in [0.25, 0.3) is 11.5 Å². The molecule has 1 saturated heterocycles. The summed E-state index contributed by atoms with van der Waals surface area (Å²) < 4.78 is 67.8. The van der Waals surface area contributed by atoms with Gasteiger partial charge in [-0.2, -0.15) is 13.2 Å². The number of amides is 1. The zero-order valence-corrected chi connectivity index (χ0v) is 16.9. The van der Waals surface area contributed by atoms with E-state index in [0.29, 0.717) is 19.0 Å². The van der Waals surface area contributed by atoms with Crippen LogP contribution in [0, 0.1) is 5.92 Å². The molecule has 1 aliphatic heterocycles. The van der Waals surface area contributed by atoms with Crippen molar-refractivity contribution < 1.29 is 31.2 Å². The molecule has 1 aliphatic carbocycles. The molecule has 0 bridgehead atoms. The summed E-state index contributed by atoms with van der Waals surface area (Å²) in [4.78, 5) is 27.1. The lowest BCUT2D eigenvalue weighted by atomic mass is 10.1. The van der Waals surface area contributed by atoms with Gasteiger partial charge in [0, 0.05) is 19.5 Å². The van der Waals surface area contributed by atoms with Gasteiger partial charge in [-0.05, 0) is 24.5 Å². The quantitative estimate of drug-likeness (QED) is 0.636. The predicted octanol–water partition coefficient (Wildman–Crippen LogP) is 3.53. The topological polar surface area (TPSA) is 104 Å². The average Bonchev–Trinajstić information content (AvgIpc) is 3.41. The maximum Gasteiger partial charge on any atom is 0.431 e. The SMILES string of the molecule is C1CC1.O=C(CNc1nnc(-c2ccc(C(F)(F)F)[nH]c2=O)o1)N1CCC(CC(F)F)C1. The standard InChI is InChI=1S/C16H16F5N5O3.C3H6/c17-11(18)5-8-3-4-26(7-8)12(27)6-22-15-25-24-14(29-15)9-1-2-10(16(19,20)21)23-13(9)28;1-2-3-1/h1-2,8,11H,3-7H2,(H,22,25)(H,23,28);1-3H2. The number of aromatic amines is 1. The number of nitrogens with one attached hydrogen (secondary N) is 2. The summed E-state index contributed by atoms with van der Waals surface area (Å²) in [5.41, 5.74) is -2.54. The van der Waals surface area contributed by atoms with Crippen LogP contribution in [0.4, 0.5) is 28.0 Å². The van der Waals surface area contributed by atoms with E-state index >= 15 is 0 Å². The van der Waals surface area contributed by atoms with Crippen molar-refractivity contribution in [1.29, 1.82) is 0 Å². The molecule has 2 aromatic heterocycles. The van der Waals surface area contributed by atoms with Crippen LogP contribution >= 0.6 is 0 Å². The van der Waals surface area contributed by atoms with Crippen LogP contribution < -0.4 is 10.9 Å². The van der Waals surface area contributed by atoms with Crippen molar-refractivity contribution in [1.82, 2.24) is 20.1 Å². The number of pyridine rings is 1. The molecule has 1 saturated carbocycles. The molecule has 1 atom stereocenters. The first-order valence-electron chi connectivity index (χ1n) is 10.1. The highest BCUT2D eigenvalue weighted by Crippen LogP contribution is 2.27. The predicted molar refractivity (Wildman–Crippen MR) is 103 cm³/mol. The van der Waals surface area contributed by atoms with Gasteiger partial charge in [0.1, 0.15) is 11.3 Å². The Balaban J connectivity index is 0.000000887. The summed E-state index contributed by atoms with van der Waals surface area (Å²) in [5.74, 6) is -0.928. The number of carbonyl (C=O) groups is 1. The molecule has 0 radical (unpaired) electrons. The molecule has 2 N–H and O–H groups in total. The molecule has 4 rings (SSSR count). The Bertz CT molecular complexity index is 970. The van der Waals surface area contributed by atoms with Crippen LogP contribution in [0.5, 0.6) is 0 Å². The number of hydrogen-bond donors (Lipinski definition) is 2. The van der Waals surface area contributed by atoms with Crippen molar-refractivity contribution in [2.75, 3.05) is 25.0 Å². The molecule has 0 spiro atoms. The summed E-state index contributed by atoms with van der Waals surface area (Å²) in [6.07, 6.45) is -2.38. The Morgan fingerprint density at radius 2 is 1.97 bits per heavy atom. The van der Waals surface area contributed by atoms with Crippen molar-refractivity contribution in [3.05, 3.63) is 28.2 Å². The van der Waals surface area contributed by atoms with Gasteiger partial charge in [-0.1, -0.05) is 24.4 Å². The number of nitrogens with zero attached hydrogens (tertiary/aromatic N) is 3. The monoisotopic (exact) mass is 463 g/mol. The van der Waals surface area contributed by atoms with Crippen molar-refractivity contribution in [3.8, 4) is 11.5 Å². The van der Waals surface area contributed by atoms with Gasteiger partial charge in [0.2, 0.25) is 12.3 Å². The molecule has 1 unspecified atom stereocenters. The highest BCUT2D eigenvalue weighted by atomic mass is 19.4. The molecule has 13 heteroatoms. The number of anilines is 1. The Kier molecular flexibility index (Phi) is 7.46. The van der Waals surface area contributed by atoms with Gasteiger partial charge < -0.3 is 19.6 Å². The minimum Gasteiger partial charge on any atom is -0.403 e. The molecule has 0 aromatic carbocycles. The van der Waals surface area contributed by atoms with Crippen LogP contribution in [0.3, 0.4) is 0 Å². The van der Waals surface area contributed by atoms with Crippen molar-refractivity contribution in [2.24, 2.45) is 5.92 Å². The molecule has 1 amide bonds. The smallest absolute Gasteiger partial charge is 0.403 e. The first-order chi connectivity index (χ1) is 15.1. The summed E-state index contributed by atoms with van der Waals surface area (Å²) in [7, 11) is 0. The van der Waals surface area contributed by atoms with Gasteiger partial charge in [-0.25, -0.2) is 8.78 Å². The first kappa shape index (κ1) is 23.7. The zero-order chi connectivity index (χ0) is 23.3. The average molecular weight is 463 g/mol. The van der Waals surface area contributed by atoms with Crippen molar-refractivity contribution >= 4 is 11.9 Å². The van der Waals surface area contributed by atoms with Crippen molar-refractivity contribution in [2.45, 2.75) is 44.7 Å². The third-order valence-corrected chi connectivity index (χ3v) is 4.76. The minimum atomic E-state index is -4.70. The lowest BCUT2D eigenvalue weighted by Gasteiger charge is -2.16. The number of carbonyl (C=O) groups excluding carboxylic acids is 1. The van der Waals surface area contributed by atoms with E-state index in [0.717, 1.165) is 6.07 Å². The molecule has 3 heterocycles. The molecule has 2 aliphatic rings. The van der Waals surface area contributed by atoms with Crippen LogP contribution in [0.2, 0.25) is 0 Å². The number of H-pyrrole nitrogens is 1. The van der Waals surface area contributed by atoms with E-state index in [4.69, 9.17) is 4.42 Å². The summed E-state index contributed by atoms with van der Waals surface area (Å²) >= 11 is 0. The van der Waals surface area contributed by atoms with Gasteiger partial charge >= 0.3 is 12.2 Å². The number of aromatic nitrogens is 3. The fraction of sp³-hybridized carbons (Fsp3) is 0.579. The second kappa shape index (κ2) is 10.1. The fourth-order valence-electron chi connectivity index (χ4n) is 2.98. The highest BCUT2D eigenvalue weighted by Gasteiger charge is 2.32. The fourth-order valence-corrected chi connectivity index (χ4v) is 2.98. The maximum absolute atomic E-state index is 12.6. The van der Waals surface area contributed by atoms with E-state index in [1.807, 2.05) is 0 Å². The second-order valence-electron chi connectivity index (χ2n) is 7.56. The van der Waals surface area contributed by atoms with E-state index in [-0.39, 0.29) is 48.8 Å². The van der Waals surface area contributed by atoms with Crippen LogP contribution in [0.15, 0.2) is 21.3 Å². The zero-order valence-electron chi connectivity index (χ0n) is 16.9. The summed E-state index contributed by atoms with van der Waals surface area (Å²) in [5, 5.41) is 9.71. The van der Waals surface area contributed by atoms with Crippen LogP contribution in [-0.2, 0) is 11.0 Å². The Labute approximate surface area is 179 Å². The van der Waals surface area contributed by atoms with E-state index in [9.17, 15) is 31.5 Å². The van der Waals surface area contributed by atoms with Gasteiger partial charge in [0.05, 0.1) is 6.54 Å². The van der Waals surface area contributed by atoms with Crippen LogP contribution in [0.1, 0.15) is 37.8 Å².